The quantitative estimate of drug-likeness (QED) is 0.339. The van der Waals surface area contributed by atoms with Gasteiger partial charge in [0.15, 0.2) is 0 Å². The first kappa shape index (κ1) is 30.0. The first-order chi connectivity index (χ1) is 19.3. The Morgan fingerprint density at radius 1 is 1.00 bits per heavy atom. The van der Waals surface area contributed by atoms with E-state index in [1.165, 1.54) is 17.7 Å². The molecule has 1 saturated heterocycles. The number of nitrogens with one attached hydrogen (secondary N) is 1. The molecule has 0 aliphatic carbocycles. The zero-order valence-corrected chi connectivity index (χ0v) is 23.6. The minimum Gasteiger partial charge on any atom is -0.406 e. The number of ether oxygens (including phenoxy) is 1. The Balaban J connectivity index is 1.50. The molecule has 1 unspecified atom stereocenters. The Morgan fingerprint density at radius 2 is 1.68 bits per heavy atom. The number of anilines is 1. The number of carbonyl (C=O) groups excluding carboxylic acids is 2. The van der Waals surface area contributed by atoms with E-state index in [0.29, 0.717) is 25.2 Å². The molecule has 0 bridgehead atoms. The number of halogens is 3. The maximum absolute atomic E-state index is 13.7. The van der Waals surface area contributed by atoms with Crippen LogP contribution < -0.4 is 10.1 Å². The van der Waals surface area contributed by atoms with Gasteiger partial charge < -0.3 is 15.0 Å². The van der Waals surface area contributed by atoms with E-state index in [4.69, 9.17) is 0 Å². The highest BCUT2D eigenvalue weighted by Gasteiger charge is 2.44. The molecule has 41 heavy (non-hydrogen) atoms. The molecule has 0 radical (unpaired) electrons. The summed E-state index contributed by atoms with van der Waals surface area (Å²) >= 11 is 0. The Morgan fingerprint density at radius 3 is 2.27 bits per heavy atom. The van der Waals surface area contributed by atoms with Crippen molar-refractivity contribution in [2.75, 3.05) is 18.9 Å². The van der Waals surface area contributed by atoms with Crippen LogP contribution in [-0.4, -0.2) is 52.6 Å². The van der Waals surface area contributed by atoms with Crippen LogP contribution in [0.15, 0.2) is 72.9 Å². The highest BCUT2D eigenvalue weighted by Crippen LogP contribution is 2.36. The van der Waals surface area contributed by atoms with Gasteiger partial charge in [0, 0.05) is 19.2 Å². The molecule has 218 valence electrons. The number of amides is 2. The summed E-state index contributed by atoms with van der Waals surface area (Å²) in [5.74, 6) is -0.163. The summed E-state index contributed by atoms with van der Waals surface area (Å²) in [6.45, 7) is 6.76. The number of alkyl halides is 3. The average Bonchev–Trinajstić information content (AvgIpc) is 3.14. The minimum atomic E-state index is -4.76. The summed E-state index contributed by atoms with van der Waals surface area (Å²) in [6, 6.07) is 18.6. The number of hydrogen-bond donors (Lipinski definition) is 1. The van der Waals surface area contributed by atoms with Gasteiger partial charge in [0.2, 0.25) is 11.8 Å². The van der Waals surface area contributed by atoms with Crippen LogP contribution in [0.25, 0.3) is 0 Å². The van der Waals surface area contributed by atoms with E-state index in [9.17, 15) is 22.8 Å². The molecular formula is C31H35F3N4O3. The summed E-state index contributed by atoms with van der Waals surface area (Å²) in [5, 5.41) is 2.76. The van der Waals surface area contributed by atoms with E-state index in [-0.39, 0.29) is 35.6 Å². The molecule has 10 heteroatoms. The molecule has 1 fully saturated rings. The summed E-state index contributed by atoms with van der Waals surface area (Å²) in [4.78, 5) is 34.2. The number of hydrogen-bond acceptors (Lipinski definition) is 5. The fourth-order valence-corrected chi connectivity index (χ4v) is 5.02. The van der Waals surface area contributed by atoms with Crippen LogP contribution in [0.3, 0.4) is 0 Å². The fraction of sp³-hybridized carbons (Fsp3) is 0.387. The first-order valence-corrected chi connectivity index (χ1v) is 13.5. The third-order valence-corrected chi connectivity index (χ3v) is 7.19. The largest absolute Gasteiger partial charge is 0.573 e. The third-order valence-electron chi connectivity index (χ3n) is 7.19. The van der Waals surface area contributed by atoms with Gasteiger partial charge in [-0.05, 0) is 66.3 Å². The predicted octanol–water partition coefficient (Wildman–Crippen LogP) is 6.08. The Kier molecular flexibility index (Phi) is 9.01. The van der Waals surface area contributed by atoms with Crippen molar-refractivity contribution in [1.29, 1.82) is 0 Å². The summed E-state index contributed by atoms with van der Waals surface area (Å²) in [5.41, 5.74) is 2.86. The van der Waals surface area contributed by atoms with Gasteiger partial charge in [-0.2, -0.15) is 0 Å². The molecular weight excluding hydrogens is 533 g/mol. The number of carbonyl (C=O) groups is 2. The smallest absolute Gasteiger partial charge is 0.406 e. The fourth-order valence-electron chi connectivity index (χ4n) is 5.02. The third kappa shape index (κ3) is 7.85. The predicted molar refractivity (Wildman–Crippen MR) is 150 cm³/mol. The second kappa shape index (κ2) is 12.3. The van der Waals surface area contributed by atoms with Crippen LogP contribution >= 0.6 is 0 Å². The molecule has 0 saturated carbocycles. The van der Waals surface area contributed by atoms with E-state index in [1.807, 2.05) is 24.1 Å². The van der Waals surface area contributed by atoms with E-state index in [2.05, 4.69) is 47.9 Å². The van der Waals surface area contributed by atoms with Gasteiger partial charge >= 0.3 is 6.36 Å². The molecule has 4 rings (SSSR count). The Bertz CT molecular complexity index is 1320. The first-order valence-electron chi connectivity index (χ1n) is 13.5. The van der Waals surface area contributed by atoms with Gasteiger partial charge in [-0.25, -0.2) is 4.98 Å². The van der Waals surface area contributed by atoms with E-state index in [0.717, 1.165) is 11.1 Å². The van der Waals surface area contributed by atoms with Gasteiger partial charge in [0.05, 0.1) is 6.04 Å². The van der Waals surface area contributed by atoms with Gasteiger partial charge in [-0.1, -0.05) is 63.2 Å². The molecule has 7 nitrogen and oxygen atoms in total. The van der Waals surface area contributed by atoms with Crippen LogP contribution in [0.5, 0.6) is 5.75 Å². The highest BCUT2D eigenvalue weighted by atomic mass is 19.4. The van der Waals surface area contributed by atoms with Crippen molar-refractivity contribution in [3.63, 3.8) is 0 Å². The van der Waals surface area contributed by atoms with E-state index >= 15 is 0 Å². The average molecular weight is 569 g/mol. The number of benzene rings is 2. The van der Waals surface area contributed by atoms with Crippen molar-refractivity contribution in [2.45, 2.75) is 64.0 Å². The molecule has 1 aliphatic rings. The number of aromatic nitrogens is 1. The van der Waals surface area contributed by atoms with Crippen LogP contribution in [0.1, 0.15) is 56.5 Å². The normalized spacial score (nSPS) is 18.0. The number of nitrogens with zero attached hydrogens (tertiary/aromatic N) is 3. The molecule has 2 heterocycles. The number of likely N-dealkylation sites (N-methyl/N-ethyl adjacent to an activating group) is 1. The van der Waals surface area contributed by atoms with Crippen LogP contribution in [-0.2, 0) is 21.4 Å². The zero-order valence-electron chi connectivity index (χ0n) is 23.6. The molecule has 0 spiro atoms. The van der Waals surface area contributed by atoms with E-state index < -0.39 is 12.4 Å². The van der Waals surface area contributed by atoms with Gasteiger partial charge in [-0.3, -0.25) is 14.5 Å². The van der Waals surface area contributed by atoms with Crippen LogP contribution in [0.2, 0.25) is 0 Å². The van der Waals surface area contributed by atoms with Crippen molar-refractivity contribution >= 4 is 17.6 Å². The van der Waals surface area contributed by atoms with Crippen molar-refractivity contribution in [1.82, 2.24) is 14.8 Å². The summed E-state index contributed by atoms with van der Waals surface area (Å²) in [7, 11) is 1.88. The van der Waals surface area contributed by atoms with Crippen LogP contribution in [0.4, 0.5) is 19.0 Å². The lowest BCUT2D eigenvalue weighted by atomic mass is 9.86. The highest BCUT2D eigenvalue weighted by molar-refractivity contribution is 5.91. The van der Waals surface area contributed by atoms with Crippen LogP contribution in [0, 0.1) is 0 Å². The second-order valence-corrected chi connectivity index (χ2v) is 11.2. The molecule has 2 amide bonds. The van der Waals surface area contributed by atoms with Crippen molar-refractivity contribution in [3.05, 3.63) is 89.6 Å². The van der Waals surface area contributed by atoms with Gasteiger partial charge in [0.1, 0.15) is 17.7 Å². The summed E-state index contributed by atoms with van der Waals surface area (Å²) < 4.78 is 41.5. The number of pyridine rings is 1. The molecule has 2 aromatic carbocycles. The molecule has 2 atom stereocenters. The lowest BCUT2D eigenvalue weighted by Gasteiger charge is -2.30. The van der Waals surface area contributed by atoms with Gasteiger partial charge in [-0.15, -0.1) is 13.2 Å². The standard InChI is InChI=1S/C31H35F3N4O3/c1-30(2,3)23-12-10-22(11-13-23)28-37(4)25(16-17-27(39)36-26-7-5-6-19-35-26)29(40)38(28)20-18-21-8-14-24(15-9-21)41-31(32,33)34/h5-15,19,25,28H,16-18,20H2,1-4H3,(H,35,36,39)/t25-,28?/m0/s1. The van der Waals surface area contributed by atoms with Crippen molar-refractivity contribution in [3.8, 4) is 5.75 Å². The van der Waals surface area contributed by atoms with Crippen molar-refractivity contribution in [2.24, 2.45) is 0 Å². The Hall–Kier alpha value is -3.92. The molecule has 3 aromatic rings. The monoisotopic (exact) mass is 568 g/mol. The topological polar surface area (TPSA) is 74.8 Å². The SMILES string of the molecule is CN1C(c2ccc(C(C)(C)C)cc2)N(CCc2ccc(OC(F)(F)F)cc2)C(=O)[C@@H]1CCC(=O)Nc1ccccn1. The lowest BCUT2D eigenvalue weighted by molar-refractivity contribution is -0.274. The lowest BCUT2D eigenvalue weighted by Crippen LogP contribution is -2.33. The second-order valence-electron chi connectivity index (χ2n) is 11.2. The maximum Gasteiger partial charge on any atom is 0.573 e. The summed E-state index contributed by atoms with van der Waals surface area (Å²) in [6.07, 6.45) is -2.61. The minimum absolute atomic E-state index is 0.0267. The maximum atomic E-state index is 13.7. The molecule has 1 aromatic heterocycles. The number of rotatable bonds is 9. The molecule has 1 N–H and O–H groups in total. The van der Waals surface area contributed by atoms with E-state index in [1.54, 1.807) is 41.4 Å². The van der Waals surface area contributed by atoms with Crippen molar-refractivity contribution < 1.29 is 27.5 Å². The Labute approximate surface area is 238 Å². The zero-order chi connectivity index (χ0) is 29.8. The molecule has 1 aliphatic heterocycles. The van der Waals surface area contributed by atoms with Gasteiger partial charge in [0.25, 0.3) is 0 Å².